The Balaban J connectivity index is 1.33. The number of hydrogen-bond acceptors (Lipinski definition) is 4. The van der Waals surface area contributed by atoms with Gasteiger partial charge in [-0.2, -0.15) is 0 Å². The van der Waals surface area contributed by atoms with Crippen LogP contribution in [0.1, 0.15) is 29.2 Å². The zero-order valence-corrected chi connectivity index (χ0v) is 16.8. The summed E-state index contributed by atoms with van der Waals surface area (Å²) in [6, 6.07) is 17.6. The van der Waals surface area contributed by atoms with Crippen molar-refractivity contribution >= 4 is 5.91 Å². The lowest BCUT2D eigenvalue weighted by Gasteiger charge is -2.28. The number of hydrogen-bond donors (Lipinski definition) is 1. The van der Waals surface area contributed by atoms with Crippen LogP contribution in [0, 0.1) is 5.92 Å². The molecule has 6 nitrogen and oxygen atoms in total. The number of nitrogens with zero attached hydrogens (tertiary/aromatic N) is 2. The predicted octanol–water partition coefficient (Wildman–Crippen LogP) is 3.13. The highest BCUT2D eigenvalue weighted by Crippen LogP contribution is 2.48. The van der Waals surface area contributed by atoms with Crippen LogP contribution in [0.5, 0.6) is 5.75 Å². The molecule has 2 atom stereocenters. The summed E-state index contributed by atoms with van der Waals surface area (Å²) in [5.41, 5.74) is 3.27. The molecule has 30 heavy (non-hydrogen) atoms. The third-order valence-corrected chi connectivity index (χ3v) is 6.08. The second kappa shape index (κ2) is 7.44. The Bertz CT molecular complexity index is 1140. The molecular weight excluding hydrogens is 378 g/mol. The highest BCUT2D eigenvalue weighted by Gasteiger charge is 2.46. The van der Waals surface area contributed by atoms with Gasteiger partial charge in [-0.3, -0.25) is 9.59 Å². The van der Waals surface area contributed by atoms with Gasteiger partial charge in [-0.05, 0) is 42.2 Å². The summed E-state index contributed by atoms with van der Waals surface area (Å²) in [4.78, 5) is 35.1. The molecule has 1 saturated carbocycles. The van der Waals surface area contributed by atoms with Gasteiger partial charge in [-0.1, -0.05) is 30.3 Å². The molecule has 1 N–H and O–H groups in total. The van der Waals surface area contributed by atoms with Crippen molar-refractivity contribution in [2.75, 3.05) is 13.7 Å². The van der Waals surface area contributed by atoms with E-state index in [9.17, 15) is 9.59 Å². The molecule has 2 heterocycles. The minimum absolute atomic E-state index is 0.0274. The third kappa shape index (κ3) is 3.38. The second-order valence-corrected chi connectivity index (χ2v) is 7.94. The molecule has 1 aliphatic carbocycles. The van der Waals surface area contributed by atoms with E-state index in [1.54, 1.807) is 7.11 Å². The number of amides is 1. The van der Waals surface area contributed by atoms with Crippen molar-refractivity contribution in [2.24, 2.45) is 5.92 Å². The molecule has 0 unspecified atom stereocenters. The molecule has 0 bridgehead atoms. The number of nitrogens with one attached hydrogen (secondary N) is 1. The number of fused-ring (bicyclic) bond motifs is 1. The van der Waals surface area contributed by atoms with E-state index in [-0.39, 0.29) is 17.4 Å². The molecule has 6 heteroatoms. The van der Waals surface area contributed by atoms with Crippen LogP contribution in [0.4, 0.5) is 0 Å². The first kappa shape index (κ1) is 18.6. The molecule has 1 aliphatic heterocycles. The van der Waals surface area contributed by atoms with Crippen LogP contribution in [-0.4, -0.2) is 34.4 Å². The van der Waals surface area contributed by atoms with Crippen molar-refractivity contribution in [2.45, 2.75) is 25.3 Å². The van der Waals surface area contributed by atoms with Crippen LogP contribution in [0.2, 0.25) is 0 Å². The summed E-state index contributed by atoms with van der Waals surface area (Å²) in [7, 11) is 1.62. The number of benzene rings is 2. The van der Waals surface area contributed by atoms with E-state index < -0.39 is 0 Å². The van der Waals surface area contributed by atoms with Crippen LogP contribution in [0.3, 0.4) is 0 Å². The Morgan fingerprint density at radius 3 is 2.63 bits per heavy atom. The van der Waals surface area contributed by atoms with E-state index in [1.807, 2.05) is 47.4 Å². The smallest absolute Gasteiger partial charge is 0.256 e. The third-order valence-electron chi connectivity index (χ3n) is 6.08. The molecule has 1 fully saturated rings. The molecule has 2 aliphatic rings. The first-order chi connectivity index (χ1) is 14.6. The lowest BCUT2D eigenvalue weighted by atomic mass is 10.0. The van der Waals surface area contributed by atoms with Gasteiger partial charge in [0.1, 0.15) is 11.6 Å². The minimum atomic E-state index is -0.168. The van der Waals surface area contributed by atoms with E-state index in [2.05, 4.69) is 22.1 Å². The lowest BCUT2D eigenvalue weighted by molar-refractivity contribution is -0.133. The molecule has 0 saturated heterocycles. The highest BCUT2D eigenvalue weighted by molar-refractivity contribution is 5.83. The summed E-state index contributed by atoms with van der Waals surface area (Å²) in [6.07, 6.45) is 1.48. The Labute approximate surface area is 174 Å². The number of ether oxygens (including phenoxy) is 1. The normalized spacial score (nSPS) is 19.8. The van der Waals surface area contributed by atoms with Gasteiger partial charge < -0.3 is 14.6 Å². The molecule has 152 valence electrons. The Kier molecular flexibility index (Phi) is 4.62. The predicted molar refractivity (Wildman–Crippen MR) is 113 cm³/mol. The fourth-order valence-electron chi connectivity index (χ4n) is 4.27. The van der Waals surface area contributed by atoms with E-state index in [0.717, 1.165) is 23.4 Å². The Hall–Kier alpha value is -3.41. The molecule has 5 rings (SSSR count). The fourth-order valence-corrected chi connectivity index (χ4v) is 4.27. The maximum Gasteiger partial charge on any atom is 0.256 e. The van der Waals surface area contributed by atoms with E-state index in [4.69, 9.17) is 4.74 Å². The van der Waals surface area contributed by atoms with Crippen LogP contribution in [-0.2, 0) is 17.8 Å². The molecule has 1 amide bonds. The summed E-state index contributed by atoms with van der Waals surface area (Å²) in [5, 5.41) is 0. The van der Waals surface area contributed by atoms with Crippen molar-refractivity contribution in [1.82, 2.24) is 14.9 Å². The quantitative estimate of drug-likeness (QED) is 0.729. The van der Waals surface area contributed by atoms with E-state index in [1.165, 1.54) is 5.56 Å². The molecular formula is C24H23N3O3. The fraction of sp³-hybridized carbons (Fsp3) is 0.292. The number of rotatable bonds is 4. The van der Waals surface area contributed by atoms with Crippen LogP contribution in [0.15, 0.2) is 59.4 Å². The number of carbonyl (C=O) groups excluding carboxylic acids is 1. The molecule has 0 radical (unpaired) electrons. The highest BCUT2D eigenvalue weighted by atomic mass is 16.5. The summed E-state index contributed by atoms with van der Waals surface area (Å²) in [6.45, 7) is 0.930. The Morgan fingerprint density at radius 1 is 1.13 bits per heavy atom. The van der Waals surface area contributed by atoms with Crippen molar-refractivity contribution in [1.29, 1.82) is 0 Å². The van der Waals surface area contributed by atoms with Gasteiger partial charge in [0.25, 0.3) is 5.56 Å². The number of aromatic nitrogens is 2. The number of methoxy groups -OCH3 is 1. The molecule has 0 spiro atoms. The van der Waals surface area contributed by atoms with E-state index >= 15 is 0 Å². The number of H-pyrrole nitrogens is 1. The summed E-state index contributed by atoms with van der Waals surface area (Å²) in [5.74, 6) is 1.77. The van der Waals surface area contributed by atoms with Gasteiger partial charge in [0.05, 0.1) is 24.9 Å². The standard InChI is InChI=1S/C24H23N3O3/c1-30-17-9-7-16(8-10-17)22-25-21-11-12-27(14-20(21)23(28)26-22)24(29)19-13-18(19)15-5-3-2-4-6-15/h2-10,18-19H,11-14H2,1H3,(H,25,26,28)/t18-,19+/m0/s1. The van der Waals surface area contributed by atoms with Crippen molar-refractivity contribution in [3.63, 3.8) is 0 Å². The Morgan fingerprint density at radius 2 is 1.90 bits per heavy atom. The van der Waals surface area contributed by atoms with Gasteiger partial charge in [-0.15, -0.1) is 0 Å². The molecule has 2 aromatic carbocycles. The SMILES string of the molecule is COc1ccc(-c2nc3c(c(=O)[nH]2)CN(C(=O)[C@@H]2C[C@H]2c2ccccc2)CC3)cc1. The maximum atomic E-state index is 13.0. The van der Waals surface area contributed by atoms with Crippen molar-refractivity contribution < 1.29 is 9.53 Å². The van der Waals surface area contributed by atoms with E-state index in [0.29, 0.717) is 36.8 Å². The molecule has 3 aromatic rings. The van der Waals surface area contributed by atoms with Crippen LogP contribution in [0.25, 0.3) is 11.4 Å². The van der Waals surface area contributed by atoms with Gasteiger partial charge in [0, 0.05) is 24.4 Å². The molecule has 1 aromatic heterocycles. The summed E-state index contributed by atoms with van der Waals surface area (Å²) >= 11 is 0. The lowest BCUT2D eigenvalue weighted by Crippen LogP contribution is -2.40. The zero-order chi connectivity index (χ0) is 20.7. The van der Waals surface area contributed by atoms with Crippen molar-refractivity contribution in [3.8, 4) is 17.1 Å². The average Bonchev–Trinajstić information content (AvgIpc) is 3.60. The largest absolute Gasteiger partial charge is 0.497 e. The van der Waals surface area contributed by atoms with Crippen LogP contribution < -0.4 is 10.3 Å². The van der Waals surface area contributed by atoms with Gasteiger partial charge in [0.2, 0.25) is 5.91 Å². The number of aromatic amines is 1. The summed E-state index contributed by atoms with van der Waals surface area (Å²) < 4.78 is 5.18. The van der Waals surface area contributed by atoms with Gasteiger partial charge >= 0.3 is 0 Å². The maximum absolute atomic E-state index is 13.0. The topological polar surface area (TPSA) is 75.3 Å². The second-order valence-electron chi connectivity index (χ2n) is 7.94. The van der Waals surface area contributed by atoms with Crippen LogP contribution >= 0.6 is 0 Å². The average molecular weight is 401 g/mol. The van der Waals surface area contributed by atoms with Gasteiger partial charge in [0.15, 0.2) is 0 Å². The number of carbonyl (C=O) groups is 1. The monoisotopic (exact) mass is 401 g/mol. The zero-order valence-electron chi connectivity index (χ0n) is 16.8. The first-order valence-electron chi connectivity index (χ1n) is 10.2. The minimum Gasteiger partial charge on any atom is -0.497 e. The van der Waals surface area contributed by atoms with Gasteiger partial charge in [-0.25, -0.2) is 4.98 Å². The first-order valence-corrected chi connectivity index (χ1v) is 10.2. The van der Waals surface area contributed by atoms with Crippen molar-refractivity contribution in [3.05, 3.63) is 81.8 Å².